The molecule has 0 unspecified atom stereocenters. The second kappa shape index (κ2) is 6.08. The van der Waals surface area contributed by atoms with Gasteiger partial charge in [0, 0.05) is 6.54 Å². The maximum absolute atomic E-state index is 12.3. The van der Waals surface area contributed by atoms with Gasteiger partial charge in [-0.2, -0.15) is 0 Å². The molecule has 8 heteroatoms. The molecule has 0 aliphatic rings. The van der Waals surface area contributed by atoms with Gasteiger partial charge in [-0.25, -0.2) is 8.42 Å². The van der Waals surface area contributed by atoms with E-state index >= 15 is 0 Å². The Morgan fingerprint density at radius 2 is 2.00 bits per heavy atom. The quantitative estimate of drug-likeness (QED) is 0.670. The summed E-state index contributed by atoms with van der Waals surface area (Å²) in [6.07, 6.45) is 0.605. The van der Waals surface area contributed by atoms with E-state index < -0.39 is 10.0 Å². The predicted molar refractivity (Wildman–Crippen MR) is 72.1 cm³/mol. The lowest BCUT2D eigenvalue weighted by molar-refractivity contribution is -0.0482. The number of nitrogens with two attached hydrogens (primary N) is 1. The highest BCUT2D eigenvalue weighted by atomic mass is 35.5. The van der Waals surface area contributed by atoms with Gasteiger partial charge in [0.25, 0.3) is 10.0 Å². The molecule has 1 aromatic rings. The molecular weight excluding hydrogens is 299 g/mol. The van der Waals surface area contributed by atoms with Gasteiger partial charge < -0.3 is 5.73 Å². The van der Waals surface area contributed by atoms with E-state index in [4.69, 9.17) is 33.8 Å². The van der Waals surface area contributed by atoms with E-state index in [1.54, 1.807) is 0 Å². The van der Waals surface area contributed by atoms with Gasteiger partial charge in [0.05, 0.1) is 22.8 Å². The van der Waals surface area contributed by atoms with E-state index in [0.717, 1.165) is 4.47 Å². The summed E-state index contributed by atoms with van der Waals surface area (Å²) < 4.78 is 25.4. The minimum absolute atomic E-state index is 0.0342. The first-order valence-electron chi connectivity index (χ1n) is 5.16. The van der Waals surface area contributed by atoms with E-state index in [2.05, 4.69) is 0 Å². The zero-order valence-electron chi connectivity index (χ0n) is 9.98. The molecule has 0 amide bonds. The van der Waals surface area contributed by atoms with Crippen LogP contribution in [-0.4, -0.2) is 26.5 Å². The fourth-order valence-corrected chi connectivity index (χ4v) is 3.43. The minimum atomic E-state index is -3.84. The summed E-state index contributed by atoms with van der Waals surface area (Å²) in [4.78, 5) is 4.72. The highest BCUT2D eigenvalue weighted by Crippen LogP contribution is 2.34. The summed E-state index contributed by atoms with van der Waals surface area (Å²) in [5, 5.41) is 0.110. The lowest BCUT2D eigenvalue weighted by Gasteiger charge is -2.19. The van der Waals surface area contributed by atoms with Gasteiger partial charge in [0.15, 0.2) is 0 Å². The number of nitrogens with zero attached hydrogens (tertiary/aromatic N) is 1. The monoisotopic (exact) mass is 312 g/mol. The van der Waals surface area contributed by atoms with Crippen LogP contribution in [0.1, 0.15) is 13.3 Å². The Hall–Kier alpha value is -0.530. The summed E-state index contributed by atoms with van der Waals surface area (Å²) in [5.41, 5.74) is 5.64. The highest BCUT2D eigenvalue weighted by molar-refractivity contribution is 7.89. The van der Waals surface area contributed by atoms with Crippen LogP contribution in [0.15, 0.2) is 17.0 Å². The molecule has 1 rings (SSSR count). The maximum atomic E-state index is 12.3. The fourth-order valence-electron chi connectivity index (χ4n) is 1.35. The Morgan fingerprint density at radius 3 is 2.50 bits per heavy atom. The number of sulfonamides is 1. The average molecular weight is 313 g/mol. The fraction of sp³-hybridized carbons (Fsp3) is 0.400. The van der Waals surface area contributed by atoms with E-state index in [0.29, 0.717) is 6.42 Å². The minimum Gasteiger partial charge on any atom is -0.396 e. The van der Waals surface area contributed by atoms with Gasteiger partial charge in [-0.15, -0.1) is 0 Å². The van der Waals surface area contributed by atoms with Crippen molar-refractivity contribution in [1.82, 2.24) is 4.47 Å². The summed E-state index contributed by atoms with van der Waals surface area (Å²) in [6.45, 7) is 2.05. The molecule has 0 aromatic heterocycles. The van der Waals surface area contributed by atoms with Crippen molar-refractivity contribution >= 4 is 38.9 Å². The zero-order chi connectivity index (χ0) is 13.9. The lowest BCUT2D eigenvalue weighted by atomic mass is 10.3. The third-order valence-corrected chi connectivity index (χ3v) is 4.86. The van der Waals surface area contributed by atoms with Crippen molar-refractivity contribution < 1.29 is 13.3 Å². The second-order valence-electron chi connectivity index (χ2n) is 3.49. The van der Waals surface area contributed by atoms with Crippen molar-refractivity contribution in [3.63, 3.8) is 0 Å². The largest absolute Gasteiger partial charge is 0.396 e. The Labute approximate surface area is 116 Å². The maximum Gasteiger partial charge on any atom is 0.266 e. The molecule has 18 heavy (non-hydrogen) atoms. The molecule has 2 N–H and O–H groups in total. The van der Waals surface area contributed by atoms with E-state index in [-0.39, 0.29) is 27.2 Å². The summed E-state index contributed by atoms with van der Waals surface area (Å²) in [5.74, 6) is 0. The third-order valence-electron chi connectivity index (χ3n) is 2.25. The molecule has 0 aliphatic carbocycles. The highest BCUT2D eigenvalue weighted by Gasteiger charge is 2.27. The molecule has 0 saturated heterocycles. The molecular formula is C10H14Cl2N2O3S. The molecule has 102 valence electrons. The molecule has 0 radical (unpaired) electrons. The molecule has 0 atom stereocenters. The first kappa shape index (κ1) is 15.5. The number of hydrogen-bond donors (Lipinski definition) is 1. The van der Waals surface area contributed by atoms with Crippen molar-refractivity contribution in [2.75, 3.05) is 19.4 Å². The SMILES string of the molecule is CCCN(OC)S(=O)(=O)c1ccc(Cl)c(N)c1Cl. The van der Waals surface area contributed by atoms with Gasteiger partial charge >= 0.3 is 0 Å². The van der Waals surface area contributed by atoms with Crippen LogP contribution < -0.4 is 5.73 Å². The first-order chi connectivity index (χ1) is 8.36. The Morgan fingerprint density at radius 1 is 1.39 bits per heavy atom. The topological polar surface area (TPSA) is 72.6 Å². The number of rotatable bonds is 5. The number of nitrogen functional groups attached to an aromatic ring is 1. The van der Waals surface area contributed by atoms with E-state index in [1.165, 1.54) is 19.2 Å². The van der Waals surface area contributed by atoms with E-state index in [1.807, 2.05) is 6.92 Å². The van der Waals surface area contributed by atoms with Crippen LogP contribution in [0.3, 0.4) is 0 Å². The van der Waals surface area contributed by atoms with E-state index in [9.17, 15) is 8.42 Å². The molecule has 0 fully saturated rings. The number of hydrogen-bond acceptors (Lipinski definition) is 4. The number of anilines is 1. The summed E-state index contributed by atoms with van der Waals surface area (Å²) in [6, 6.07) is 2.69. The Kier molecular flexibility index (Phi) is 5.24. The Balaban J connectivity index is 3.32. The van der Waals surface area contributed by atoms with Crippen LogP contribution >= 0.6 is 23.2 Å². The van der Waals surface area contributed by atoms with Gasteiger partial charge in [-0.1, -0.05) is 34.6 Å². The zero-order valence-corrected chi connectivity index (χ0v) is 12.3. The summed E-state index contributed by atoms with van der Waals surface area (Å²) >= 11 is 11.7. The Bertz CT molecular complexity index is 534. The smallest absolute Gasteiger partial charge is 0.266 e. The van der Waals surface area contributed by atoms with Crippen LogP contribution in [0.4, 0.5) is 5.69 Å². The molecule has 1 aromatic carbocycles. The van der Waals surface area contributed by atoms with Crippen LogP contribution in [-0.2, 0) is 14.9 Å². The van der Waals surface area contributed by atoms with Gasteiger partial charge in [-0.05, 0) is 18.6 Å². The van der Waals surface area contributed by atoms with Crippen LogP contribution in [0.2, 0.25) is 10.0 Å². The number of hydroxylamine groups is 1. The van der Waals surface area contributed by atoms with Gasteiger partial charge in [0.1, 0.15) is 4.90 Å². The molecule has 5 nitrogen and oxygen atoms in total. The lowest BCUT2D eigenvalue weighted by Crippen LogP contribution is -2.31. The van der Waals surface area contributed by atoms with Crippen molar-refractivity contribution in [2.45, 2.75) is 18.2 Å². The normalized spacial score (nSPS) is 12.1. The average Bonchev–Trinajstić information content (AvgIpc) is 2.32. The van der Waals surface area contributed by atoms with Crippen LogP contribution in [0, 0.1) is 0 Å². The van der Waals surface area contributed by atoms with Crippen molar-refractivity contribution in [2.24, 2.45) is 0 Å². The predicted octanol–water partition coefficient (Wildman–Crippen LogP) is 2.54. The first-order valence-corrected chi connectivity index (χ1v) is 7.36. The molecule has 0 spiro atoms. The van der Waals surface area contributed by atoms with Crippen LogP contribution in [0.5, 0.6) is 0 Å². The van der Waals surface area contributed by atoms with Crippen molar-refractivity contribution in [1.29, 1.82) is 0 Å². The number of benzene rings is 1. The van der Waals surface area contributed by atoms with Gasteiger partial charge in [-0.3, -0.25) is 4.84 Å². The van der Waals surface area contributed by atoms with Crippen molar-refractivity contribution in [3.05, 3.63) is 22.2 Å². The molecule has 0 heterocycles. The molecule has 0 aliphatic heterocycles. The van der Waals surface area contributed by atoms with Crippen LogP contribution in [0.25, 0.3) is 0 Å². The number of halogens is 2. The van der Waals surface area contributed by atoms with Crippen molar-refractivity contribution in [3.8, 4) is 0 Å². The third kappa shape index (κ3) is 2.89. The summed E-state index contributed by atoms with van der Waals surface area (Å²) in [7, 11) is -2.56. The standard InChI is InChI=1S/C10H14Cl2N2O3S/c1-3-6-14(17-2)18(15,16)8-5-4-7(11)10(13)9(8)12/h4-5H,3,6,13H2,1-2H3. The van der Waals surface area contributed by atoms with Gasteiger partial charge in [0.2, 0.25) is 0 Å². The molecule has 0 bridgehead atoms. The molecule has 0 saturated carbocycles. The second-order valence-corrected chi connectivity index (χ2v) is 6.07.